The Bertz CT molecular complexity index is 419. The van der Waals surface area contributed by atoms with Gasteiger partial charge in [-0.15, -0.1) is 0 Å². The number of carbonyl (C=O) groups is 3. The van der Waals surface area contributed by atoms with Gasteiger partial charge in [0.15, 0.2) is 0 Å². The Morgan fingerprint density at radius 3 is 2.45 bits per heavy atom. The van der Waals surface area contributed by atoms with Gasteiger partial charge in [-0.3, -0.25) is 0 Å². The second-order valence-corrected chi connectivity index (χ2v) is 5.40. The molecule has 1 atom stereocenters. The van der Waals surface area contributed by atoms with E-state index >= 15 is 0 Å². The number of ether oxygens (including phenoxy) is 1. The van der Waals surface area contributed by atoms with Crippen LogP contribution in [0.1, 0.15) is 38.5 Å². The number of nitrogens with zero attached hydrogens (tertiary/aromatic N) is 1. The van der Waals surface area contributed by atoms with Gasteiger partial charge < -0.3 is 20.1 Å². The number of carbonyl (C=O) groups excluding carboxylic acids is 2. The molecule has 0 aromatic rings. The number of amides is 2. The molecule has 0 aromatic heterocycles. The van der Waals surface area contributed by atoms with Gasteiger partial charge >= 0.3 is 18.0 Å². The molecule has 0 radical (unpaired) electrons. The standard InChI is InChI=1S/C13H20N2O5/c1-20-10(16)9-5-2-3-8-15(9)12(19)14-13(11(17)18)6-4-7-13/h9H,2-8H2,1H3,(H,14,19)(H,17,18). The van der Waals surface area contributed by atoms with E-state index in [1.807, 2.05) is 0 Å². The fourth-order valence-electron chi connectivity index (χ4n) is 2.75. The van der Waals surface area contributed by atoms with Gasteiger partial charge in [0.1, 0.15) is 11.6 Å². The number of urea groups is 1. The fraction of sp³-hybridized carbons (Fsp3) is 0.769. The van der Waals surface area contributed by atoms with Crippen LogP contribution in [-0.2, 0) is 14.3 Å². The van der Waals surface area contributed by atoms with Gasteiger partial charge in [0.05, 0.1) is 7.11 Å². The Morgan fingerprint density at radius 2 is 1.95 bits per heavy atom. The highest BCUT2D eigenvalue weighted by Gasteiger charge is 2.47. The van der Waals surface area contributed by atoms with Crippen molar-refractivity contribution in [2.75, 3.05) is 13.7 Å². The van der Waals surface area contributed by atoms with E-state index in [1.165, 1.54) is 12.0 Å². The minimum absolute atomic E-state index is 0.435. The van der Waals surface area contributed by atoms with Crippen LogP contribution < -0.4 is 5.32 Å². The monoisotopic (exact) mass is 284 g/mol. The van der Waals surface area contributed by atoms with E-state index < -0.39 is 29.6 Å². The smallest absolute Gasteiger partial charge is 0.329 e. The van der Waals surface area contributed by atoms with Crippen LogP contribution in [0.3, 0.4) is 0 Å². The van der Waals surface area contributed by atoms with Gasteiger partial charge in [-0.1, -0.05) is 0 Å². The van der Waals surface area contributed by atoms with Crippen LogP contribution >= 0.6 is 0 Å². The summed E-state index contributed by atoms with van der Waals surface area (Å²) in [4.78, 5) is 36.7. The van der Waals surface area contributed by atoms with Gasteiger partial charge in [0, 0.05) is 6.54 Å². The van der Waals surface area contributed by atoms with Gasteiger partial charge in [-0.25, -0.2) is 14.4 Å². The normalized spacial score (nSPS) is 24.4. The number of carboxylic acid groups (broad SMARTS) is 1. The van der Waals surface area contributed by atoms with E-state index in [1.54, 1.807) is 0 Å². The third kappa shape index (κ3) is 2.57. The van der Waals surface area contributed by atoms with Crippen molar-refractivity contribution in [2.24, 2.45) is 0 Å². The highest BCUT2D eigenvalue weighted by atomic mass is 16.5. The van der Waals surface area contributed by atoms with Crippen LogP contribution in [0.25, 0.3) is 0 Å². The molecule has 1 aliphatic carbocycles. The Kier molecular flexibility index (Phi) is 4.15. The number of rotatable bonds is 3. The number of nitrogens with one attached hydrogen (secondary N) is 1. The van der Waals surface area contributed by atoms with E-state index in [2.05, 4.69) is 5.32 Å². The lowest BCUT2D eigenvalue weighted by Gasteiger charge is -2.41. The number of methoxy groups -OCH3 is 1. The highest BCUT2D eigenvalue weighted by Crippen LogP contribution is 2.32. The zero-order valence-corrected chi connectivity index (χ0v) is 11.6. The van der Waals surface area contributed by atoms with E-state index in [-0.39, 0.29) is 0 Å². The number of aliphatic carboxylic acids is 1. The van der Waals surface area contributed by atoms with Gasteiger partial charge in [-0.2, -0.15) is 0 Å². The van der Waals surface area contributed by atoms with Crippen LogP contribution in [0.4, 0.5) is 4.79 Å². The third-order valence-electron chi connectivity index (χ3n) is 4.20. The molecule has 2 N–H and O–H groups in total. The maximum atomic E-state index is 12.3. The summed E-state index contributed by atoms with van der Waals surface area (Å²) in [6, 6.07) is -1.10. The Morgan fingerprint density at radius 1 is 1.25 bits per heavy atom. The molecule has 7 nitrogen and oxygen atoms in total. The summed E-state index contributed by atoms with van der Waals surface area (Å²) in [6.45, 7) is 0.446. The molecule has 0 bridgehead atoms. The second-order valence-electron chi connectivity index (χ2n) is 5.40. The molecule has 7 heteroatoms. The predicted octanol–water partition coefficient (Wildman–Crippen LogP) is 0.731. The molecule has 2 rings (SSSR count). The molecule has 0 aromatic carbocycles. The molecule has 20 heavy (non-hydrogen) atoms. The van der Waals surface area contributed by atoms with Crippen LogP contribution in [0.2, 0.25) is 0 Å². The quantitative estimate of drug-likeness (QED) is 0.745. The number of esters is 1. The van der Waals surface area contributed by atoms with E-state index in [0.717, 1.165) is 19.3 Å². The number of carboxylic acids is 1. The Hall–Kier alpha value is -1.79. The molecule has 112 valence electrons. The van der Waals surface area contributed by atoms with E-state index in [4.69, 9.17) is 4.74 Å². The Labute approximate surface area is 117 Å². The number of piperidine rings is 1. The zero-order valence-electron chi connectivity index (χ0n) is 11.6. The summed E-state index contributed by atoms with van der Waals surface area (Å²) in [6.07, 6.45) is 3.87. The van der Waals surface area contributed by atoms with Crippen molar-refractivity contribution in [3.8, 4) is 0 Å². The lowest BCUT2D eigenvalue weighted by atomic mass is 9.77. The molecule has 1 unspecified atom stereocenters. The zero-order chi connectivity index (χ0) is 14.8. The van der Waals surface area contributed by atoms with E-state index in [9.17, 15) is 19.5 Å². The molecule has 1 saturated carbocycles. The molecular formula is C13H20N2O5. The summed E-state index contributed by atoms with van der Waals surface area (Å²) >= 11 is 0. The first-order valence-electron chi connectivity index (χ1n) is 6.90. The largest absolute Gasteiger partial charge is 0.480 e. The summed E-state index contributed by atoms with van der Waals surface area (Å²) in [5.41, 5.74) is -1.16. The molecule has 2 fully saturated rings. The van der Waals surface area contributed by atoms with Crippen molar-refractivity contribution >= 4 is 18.0 Å². The van der Waals surface area contributed by atoms with E-state index in [0.29, 0.717) is 25.8 Å². The first-order valence-corrected chi connectivity index (χ1v) is 6.90. The number of hydrogen-bond acceptors (Lipinski definition) is 4. The minimum atomic E-state index is -1.16. The lowest BCUT2D eigenvalue weighted by Crippen LogP contribution is -2.63. The lowest BCUT2D eigenvalue weighted by molar-refractivity contribution is -0.148. The van der Waals surface area contributed by atoms with Gasteiger partial charge in [0.2, 0.25) is 0 Å². The van der Waals surface area contributed by atoms with Crippen molar-refractivity contribution in [2.45, 2.75) is 50.1 Å². The van der Waals surface area contributed by atoms with Gasteiger partial charge in [0.25, 0.3) is 0 Å². The Balaban J connectivity index is 2.06. The van der Waals surface area contributed by atoms with Crippen LogP contribution in [0.15, 0.2) is 0 Å². The molecule has 1 saturated heterocycles. The number of likely N-dealkylation sites (tertiary alicyclic amines) is 1. The van der Waals surface area contributed by atoms with Crippen LogP contribution in [-0.4, -0.2) is 53.2 Å². The van der Waals surface area contributed by atoms with Crippen molar-refractivity contribution in [1.29, 1.82) is 0 Å². The van der Waals surface area contributed by atoms with Crippen molar-refractivity contribution in [3.05, 3.63) is 0 Å². The van der Waals surface area contributed by atoms with Crippen LogP contribution in [0.5, 0.6) is 0 Å². The molecule has 1 heterocycles. The second kappa shape index (κ2) is 5.68. The molecule has 1 aliphatic heterocycles. The molecule has 2 amide bonds. The van der Waals surface area contributed by atoms with Gasteiger partial charge in [-0.05, 0) is 38.5 Å². The fourth-order valence-corrected chi connectivity index (χ4v) is 2.75. The third-order valence-corrected chi connectivity index (χ3v) is 4.20. The van der Waals surface area contributed by atoms with Crippen molar-refractivity contribution in [1.82, 2.24) is 10.2 Å². The summed E-state index contributed by atoms with van der Waals surface area (Å²) in [5.74, 6) is -1.46. The average molecular weight is 284 g/mol. The molecule has 0 spiro atoms. The molecule has 2 aliphatic rings. The maximum Gasteiger partial charge on any atom is 0.329 e. The first kappa shape index (κ1) is 14.6. The average Bonchev–Trinajstić information content (AvgIpc) is 2.41. The maximum absolute atomic E-state index is 12.3. The summed E-state index contributed by atoms with van der Waals surface area (Å²) in [7, 11) is 1.29. The summed E-state index contributed by atoms with van der Waals surface area (Å²) < 4.78 is 4.71. The highest BCUT2D eigenvalue weighted by molar-refractivity contribution is 5.89. The minimum Gasteiger partial charge on any atom is -0.480 e. The van der Waals surface area contributed by atoms with Crippen LogP contribution in [0, 0.1) is 0 Å². The predicted molar refractivity (Wildman–Crippen MR) is 69.1 cm³/mol. The molecular weight excluding hydrogens is 264 g/mol. The van der Waals surface area contributed by atoms with Crippen molar-refractivity contribution < 1.29 is 24.2 Å². The topological polar surface area (TPSA) is 95.9 Å². The number of hydrogen-bond donors (Lipinski definition) is 2. The van der Waals surface area contributed by atoms with Crippen molar-refractivity contribution in [3.63, 3.8) is 0 Å². The summed E-state index contributed by atoms with van der Waals surface area (Å²) in [5, 5.41) is 11.8. The first-order chi connectivity index (χ1) is 9.50. The SMILES string of the molecule is COC(=O)C1CCCCN1C(=O)NC1(C(=O)O)CCC1.